The minimum Gasteiger partial charge on any atom is -0.507 e. The van der Waals surface area contributed by atoms with Gasteiger partial charge in [0, 0.05) is 12.1 Å². The van der Waals surface area contributed by atoms with Crippen molar-refractivity contribution in [2.24, 2.45) is 0 Å². The summed E-state index contributed by atoms with van der Waals surface area (Å²) in [7, 11) is 0. The van der Waals surface area contributed by atoms with Crippen molar-refractivity contribution >= 4 is 0 Å². The van der Waals surface area contributed by atoms with Crippen LogP contribution < -0.4 is 0 Å². The zero-order valence-corrected chi connectivity index (χ0v) is 11.6. The van der Waals surface area contributed by atoms with Gasteiger partial charge in [0.05, 0.1) is 0 Å². The third-order valence-corrected chi connectivity index (χ3v) is 3.45. The van der Waals surface area contributed by atoms with Crippen LogP contribution in [0.5, 0.6) is 5.75 Å². The van der Waals surface area contributed by atoms with Gasteiger partial charge in [0.2, 0.25) is 0 Å². The van der Waals surface area contributed by atoms with Gasteiger partial charge in [0.25, 0.3) is 0 Å². The lowest BCUT2D eigenvalue weighted by Gasteiger charge is -2.18. The highest BCUT2D eigenvalue weighted by molar-refractivity contribution is 5.70. The number of aromatic hydroxyl groups is 1. The molecular formula is C17H21NO. The van der Waals surface area contributed by atoms with E-state index in [1.807, 2.05) is 36.4 Å². The van der Waals surface area contributed by atoms with Crippen LogP contribution >= 0.6 is 0 Å². The monoisotopic (exact) mass is 255 g/mol. The Morgan fingerprint density at radius 2 is 1.63 bits per heavy atom. The second kappa shape index (κ2) is 6.39. The van der Waals surface area contributed by atoms with Gasteiger partial charge in [-0.3, -0.25) is 4.90 Å². The van der Waals surface area contributed by atoms with E-state index in [0.717, 1.165) is 30.8 Å². The maximum atomic E-state index is 10.0. The molecule has 0 aliphatic rings. The molecule has 0 bridgehead atoms. The van der Waals surface area contributed by atoms with Gasteiger partial charge < -0.3 is 5.11 Å². The van der Waals surface area contributed by atoms with E-state index in [1.165, 1.54) is 5.56 Å². The topological polar surface area (TPSA) is 23.5 Å². The number of phenolic OH excluding ortho intramolecular Hbond substituents is 1. The molecule has 0 aliphatic carbocycles. The summed E-state index contributed by atoms with van der Waals surface area (Å²) >= 11 is 0. The van der Waals surface area contributed by atoms with E-state index in [-0.39, 0.29) is 0 Å². The molecular weight excluding hydrogens is 234 g/mol. The molecule has 0 fully saturated rings. The van der Waals surface area contributed by atoms with Crippen molar-refractivity contribution < 1.29 is 5.11 Å². The van der Waals surface area contributed by atoms with Crippen LogP contribution in [0.15, 0.2) is 48.5 Å². The fourth-order valence-corrected chi connectivity index (χ4v) is 2.24. The van der Waals surface area contributed by atoms with E-state index in [0.29, 0.717) is 5.75 Å². The Hall–Kier alpha value is -1.80. The highest BCUT2D eigenvalue weighted by Crippen LogP contribution is 2.30. The second-order valence-corrected chi connectivity index (χ2v) is 4.68. The Bertz CT molecular complexity index is 518. The summed E-state index contributed by atoms with van der Waals surface area (Å²) in [5.74, 6) is 0.342. The summed E-state index contributed by atoms with van der Waals surface area (Å²) in [4.78, 5) is 2.36. The van der Waals surface area contributed by atoms with E-state index in [9.17, 15) is 5.11 Å². The molecule has 2 aromatic rings. The maximum Gasteiger partial charge on any atom is 0.123 e. The van der Waals surface area contributed by atoms with Gasteiger partial charge in [0.15, 0.2) is 0 Å². The molecule has 19 heavy (non-hydrogen) atoms. The van der Waals surface area contributed by atoms with Gasteiger partial charge in [-0.05, 0) is 36.3 Å². The first-order valence-electron chi connectivity index (χ1n) is 6.84. The largest absolute Gasteiger partial charge is 0.507 e. The van der Waals surface area contributed by atoms with Gasteiger partial charge >= 0.3 is 0 Å². The summed E-state index contributed by atoms with van der Waals surface area (Å²) in [6, 6.07) is 15.9. The van der Waals surface area contributed by atoms with Crippen LogP contribution in [0.2, 0.25) is 0 Å². The van der Waals surface area contributed by atoms with Crippen molar-refractivity contribution in [2.45, 2.75) is 20.4 Å². The number of hydrogen-bond donors (Lipinski definition) is 1. The summed E-state index contributed by atoms with van der Waals surface area (Å²) < 4.78 is 0. The Kier molecular flexibility index (Phi) is 4.58. The molecule has 0 spiro atoms. The predicted octanol–water partition coefficient (Wildman–Crippen LogP) is 3.90. The number of rotatable bonds is 5. The lowest BCUT2D eigenvalue weighted by Crippen LogP contribution is -2.22. The van der Waals surface area contributed by atoms with Gasteiger partial charge in [-0.2, -0.15) is 0 Å². The lowest BCUT2D eigenvalue weighted by atomic mass is 10.0. The molecule has 0 saturated heterocycles. The van der Waals surface area contributed by atoms with Gasteiger partial charge in [-0.15, -0.1) is 0 Å². The molecule has 0 saturated carbocycles. The lowest BCUT2D eigenvalue weighted by molar-refractivity contribution is 0.296. The SMILES string of the molecule is CCN(CC)Cc1ccc(O)c(-c2ccccc2)c1. The van der Waals surface area contributed by atoms with Crippen LogP contribution in [0.25, 0.3) is 11.1 Å². The van der Waals surface area contributed by atoms with Gasteiger partial charge in [0.1, 0.15) is 5.75 Å². The number of hydrogen-bond acceptors (Lipinski definition) is 2. The highest BCUT2D eigenvalue weighted by atomic mass is 16.3. The Labute approximate surface area is 115 Å². The maximum absolute atomic E-state index is 10.0. The number of benzene rings is 2. The zero-order valence-electron chi connectivity index (χ0n) is 11.6. The molecule has 100 valence electrons. The minimum atomic E-state index is 0.342. The molecule has 2 nitrogen and oxygen atoms in total. The van der Waals surface area contributed by atoms with Crippen LogP contribution in [0.1, 0.15) is 19.4 Å². The third-order valence-electron chi connectivity index (χ3n) is 3.45. The first-order valence-corrected chi connectivity index (χ1v) is 6.84. The van der Waals surface area contributed by atoms with Crippen molar-refractivity contribution in [3.63, 3.8) is 0 Å². The van der Waals surface area contributed by atoms with E-state index < -0.39 is 0 Å². The molecule has 2 aromatic carbocycles. The van der Waals surface area contributed by atoms with Crippen molar-refractivity contribution in [1.29, 1.82) is 0 Å². The molecule has 2 heteroatoms. The average Bonchev–Trinajstić information content (AvgIpc) is 2.47. The minimum absolute atomic E-state index is 0.342. The molecule has 2 rings (SSSR count). The second-order valence-electron chi connectivity index (χ2n) is 4.68. The van der Waals surface area contributed by atoms with Crippen LogP contribution in [0.3, 0.4) is 0 Å². The third kappa shape index (κ3) is 3.36. The summed E-state index contributed by atoms with van der Waals surface area (Å²) in [5, 5.41) is 10.0. The number of nitrogens with zero attached hydrogens (tertiary/aromatic N) is 1. The molecule has 0 aliphatic heterocycles. The van der Waals surface area contributed by atoms with Crippen molar-refractivity contribution in [3.8, 4) is 16.9 Å². The van der Waals surface area contributed by atoms with E-state index in [1.54, 1.807) is 6.07 Å². The fourth-order valence-electron chi connectivity index (χ4n) is 2.24. The molecule has 0 heterocycles. The van der Waals surface area contributed by atoms with Crippen LogP contribution in [-0.4, -0.2) is 23.1 Å². The molecule has 0 radical (unpaired) electrons. The molecule has 0 amide bonds. The Morgan fingerprint density at radius 3 is 2.26 bits per heavy atom. The van der Waals surface area contributed by atoms with E-state index >= 15 is 0 Å². The normalized spacial score (nSPS) is 10.9. The smallest absolute Gasteiger partial charge is 0.123 e. The van der Waals surface area contributed by atoms with Gasteiger partial charge in [-0.25, -0.2) is 0 Å². The summed E-state index contributed by atoms with van der Waals surface area (Å²) in [6.07, 6.45) is 0. The summed E-state index contributed by atoms with van der Waals surface area (Å²) in [6.45, 7) is 7.34. The molecule has 0 unspecified atom stereocenters. The predicted molar refractivity (Wildman–Crippen MR) is 80.2 cm³/mol. The molecule has 1 N–H and O–H groups in total. The van der Waals surface area contributed by atoms with Crippen LogP contribution in [0.4, 0.5) is 0 Å². The first-order chi connectivity index (χ1) is 9.24. The fraction of sp³-hybridized carbons (Fsp3) is 0.294. The quantitative estimate of drug-likeness (QED) is 0.876. The van der Waals surface area contributed by atoms with Crippen molar-refractivity contribution in [2.75, 3.05) is 13.1 Å². The summed E-state index contributed by atoms with van der Waals surface area (Å²) in [5.41, 5.74) is 3.20. The Morgan fingerprint density at radius 1 is 0.947 bits per heavy atom. The number of phenols is 1. The van der Waals surface area contributed by atoms with Crippen LogP contribution in [0, 0.1) is 0 Å². The highest BCUT2D eigenvalue weighted by Gasteiger charge is 2.07. The zero-order chi connectivity index (χ0) is 13.7. The van der Waals surface area contributed by atoms with E-state index in [4.69, 9.17) is 0 Å². The van der Waals surface area contributed by atoms with E-state index in [2.05, 4.69) is 24.8 Å². The van der Waals surface area contributed by atoms with Crippen molar-refractivity contribution in [3.05, 3.63) is 54.1 Å². The van der Waals surface area contributed by atoms with Crippen molar-refractivity contribution in [1.82, 2.24) is 4.90 Å². The average molecular weight is 255 g/mol. The standard InChI is InChI=1S/C17H21NO/c1-3-18(4-2)13-14-10-11-17(19)16(12-14)15-8-6-5-7-9-15/h5-12,19H,3-4,13H2,1-2H3. The first kappa shape index (κ1) is 13.6. The molecule has 0 aromatic heterocycles. The van der Waals surface area contributed by atoms with Crippen LogP contribution in [-0.2, 0) is 6.54 Å². The van der Waals surface area contributed by atoms with Gasteiger partial charge in [-0.1, -0.05) is 50.2 Å². The Balaban J connectivity index is 2.30. The molecule has 0 atom stereocenters.